The van der Waals surface area contributed by atoms with Crippen molar-refractivity contribution >= 4 is 12.2 Å². The Hall–Kier alpha value is -2.24. The summed E-state index contributed by atoms with van der Waals surface area (Å²) in [5.41, 5.74) is 0.575. The topological polar surface area (TPSA) is 59.1 Å². The average Bonchev–Trinajstić information content (AvgIpc) is 2.92. The first-order valence-electron chi connectivity index (χ1n) is 9.96. The van der Waals surface area contributed by atoms with E-state index in [9.17, 15) is 9.59 Å². The molecule has 6 heteroatoms. The average molecular weight is 372 g/mol. The first kappa shape index (κ1) is 18.1. The lowest BCUT2D eigenvalue weighted by Crippen LogP contribution is -2.59. The van der Waals surface area contributed by atoms with E-state index in [2.05, 4.69) is 0 Å². The molecule has 2 unspecified atom stereocenters. The molecule has 3 saturated heterocycles. The number of piperidine rings is 1. The number of fused-ring (bicyclic) bond motifs is 2. The summed E-state index contributed by atoms with van der Waals surface area (Å²) >= 11 is 0. The van der Waals surface area contributed by atoms with Crippen LogP contribution in [0, 0.1) is 0 Å². The molecular formula is C21H28N2O4. The third-order valence-corrected chi connectivity index (χ3v) is 6.22. The van der Waals surface area contributed by atoms with Gasteiger partial charge in [-0.2, -0.15) is 0 Å². The summed E-state index contributed by atoms with van der Waals surface area (Å²) in [5.74, 6) is 0. The molecule has 2 amide bonds. The van der Waals surface area contributed by atoms with Crippen LogP contribution in [0.5, 0.6) is 0 Å². The quantitative estimate of drug-likeness (QED) is 0.806. The van der Waals surface area contributed by atoms with Crippen LogP contribution in [-0.2, 0) is 16.1 Å². The van der Waals surface area contributed by atoms with E-state index >= 15 is 0 Å². The van der Waals surface area contributed by atoms with Gasteiger partial charge in [-0.15, -0.1) is 0 Å². The fraction of sp³-hybridized carbons (Fsp3) is 0.619. The number of hydrogen-bond donors (Lipinski definition) is 0. The van der Waals surface area contributed by atoms with Crippen molar-refractivity contribution in [3.05, 3.63) is 35.9 Å². The Labute approximate surface area is 160 Å². The van der Waals surface area contributed by atoms with Crippen LogP contribution in [0.3, 0.4) is 0 Å². The van der Waals surface area contributed by atoms with Gasteiger partial charge in [0.25, 0.3) is 0 Å². The minimum absolute atomic E-state index is 0.102. The van der Waals surface area contributed by atoms with Gasteiger partial charge in [0.1, 0.15) is 12.2 Å². The molecule has 3 aliphatic rings. The van der Waals surface area contributed by atoms with Gasteiger partial charge in [0.2, 0.25) is 0 Å². The van der Waals surface area contributed by atoms with Gasteiger partial charge in [0, 0.05) is 43.9 Å². The highest BCUT2D eigenvalue weighted by molar-refractivity contribution is 5.71. The number of ether oxygens (including phenoxy) is 2. The van der Waals surface area contributed by atoms with Crippen molar-refractivity contribution in [2.45, 2.75) is 76.3 Å². The maximum absolute atomic E-state index is 12.7. The van der Waals surface area contributed by atoms with Gasteiger partial charge in [-0.25, -0.2) is 9.59 Å². The highest BCUT2D eigenvalue weighted by atomic mass is 16.6. The lowest BCUT2D eigenvalue weighted by molar-refractivity contribution is -0.0992. The van der Waals surface area contributed by atoms with Gasteiger partial charge >= 0.3 is 12.2 Å². The first-order valence-corrected chi connectivity index (χ1v) is 9.96. The van der Waals surface area contributed by atoms with Gasteiger partial charge in [0.15, 0.2) is 0 Å². The summed E-state index contributed by atoms with van der Waals surface area (Å²) in [5, 5.41) is 0. The highest BCUT2D eigenvalue weighted by Gasteiger charge is 2.54. The van der Waals surface area contributed by atoms with Gasteiger partial charge in [-0.05, 0) is 32.3 Å². The molecule has 3 aliphatic heterocycles. The Morgan fingerprint density at radius 2 is 1.89 bits per heavy atom. The minimum atomic E-state index is -0.412. The van der Waals surface area contributed by atoms with Gasteiger partial charge in [-0.3, -0.25) is 0 Å². The molecule has 0 aromatic heterocycles. The van der Waals surface area contributed by atoms with Crippen LogP contribution in [0.1, 0.15) is 51.5 Å². The molecule has 3 heterocycles. The fourth-order valence-corrected chi connectivity index (χ4v) is 4.86. The molecule has 27 heavy (non-hydrogen) atoms. The van der Waals surface area contributed by atoms with Crippen LogP contribution in [-0.4, -0.2) is 52.3 Å². The second kappa shape index (κ2) is 7.06. The molecule has 0 radical (unpaired) electrons. The molecule has 2 atom stereocenters. The Morgan fingerprint density at radius 3 is 2.48 bits per heavy atom. The van der Waals surface area contributed by atoms with Crippen molar-refractivity contribution in [3.8, 4) is 0 Å². The summed E-state index contributed by atoms with van der Waals surface area (Å²) in [6.45, 7) is 5.04. The first-order chi connectivity index (χ1) is 13.0. The molecular weight excluding hydrogens is 344 g/mol. The zero-order chi connectivity index (χ0) is 19.0. The second-order valence-electron chi connectivity index (χ2n) is 8.33. The SMILES string of the molecule is CC(C)N1CCC2(CC3CCC(C2)N3C(=O)OCc2ccccc2)OC1=O. The van der Waals surface area contributed by atoms with E-state index < -0.39 is 5.60 Å². The highest BCUT2D eigenvalue weighted by Crippen LogP contribution is 2.46. The van der Waals surface area contributed by atoms with Crippen LogP contribution in [0.25, 0.3) is 0 Å². The fourth-order valence-electron chi connectivity index (χ4n) is 4.86. The van der Waals surface area contributed by atoms with Crippen molar-refractivity contribution in [1.82, 2.24) is 9.80 Å². The Bertz CT molecular complexity index is 691. The maximum atomic E-state index is 12.7. The lowest BCUT2D eigenvalue weighted by Gasteiger charge is -2.49. The number of amides is 2. The summed E-state index contributed by atoms with van der Waals surface area (Å²) in [4.78, 5) is 28.8. The van der Waals surface area contributed by atoms with Crippen LogP contribution < -0.4 is 0 Å². The van der Waals surface area contributed by atoms with E-state index in [0.717, 1.165) is 44.2 Å². The third-order valence-electron chi connectivity index (χ3n) is 6.22. The second-order valence-corrected chi connectivity index (χ2v) is 8.33. The molecule has 6 nitrogen and oxygen atoms in total. The number of hydrogen-bond acceptors (Lipinski definition) is 4. The van der Waals surface area contributed by atoms with Crippen molar-refractivity contribution in [3.63, 3.8) is 0 Å². The molecule has 0 N–H and O–H groups in total. The predicted molar refractivity (Wildman–Crippen MR) is 100 cm³/mol. The number of rotatable bonds is 3. The molecule has 4 rings (SSSR count). The van der Waals surface area contributed by atoms with Crippen LogP contribution in [0.4, 0.5) is 9.59 Å². The van der Waals surface area contributed by atoms with Crippen molar-refractivity contribution < 1.29 is 19.1 Å². The molecule has 2 bridgehead atoms. The van der Waals surface area contributed by atoms with Crippen molar-refractivity contribution in [1.29, 1.82) is 0 Å². The third kappa shape index (κ3) is 3.49. The molecule has 1 spiro atoms. The van der Waals surface area contributed by atoms with Crippen molar-refractivity contribution in [2.75, 3.05) is 6.54 Å². The largest absolute Gasteiger partial charge is 0.445 e. The lowest BCUT2D eigenvalue weighted by atomic mass is 9.82. The van der Waals surface area contributed by atoms with Crippen LogP contribution in [0.2, 0.25) is 0 Å². The molecule has 0 aliphatic carbocycles. The number of benzene rings is 1. The standard InChI is InChI=1S/C21H28N2O4/c1-15(2)22-11-10-21(27-19(22)24)12-17-8-9-18(13-21)23(17)20(25)26-14-16-6-4-3-5-7-16/h3-7,15,17-18H,8-14H2,1-2H3. The monoisotopic (exact) mass is 372 g/mol. The van der Waals surface area contributed by atoms with E-state index in [1.165, 1.54) is 0 Å². The van der Waals surface area contributed by atoms with Crippen LogP contribution >= 0.6 is 0 Å². The van der Waals surface area contributed by atoms with Gasteiger partial charge < -0.3 is 19.3 Å². The molecule has 146 valence electrons. The molecule has 1 aromatic rings. The van der Waals surface area contributed by atoms with Gasteiger partial charge in [0.05, 0.1) is 0 Å². The number of nitrogens with zero attached hydrogens (tertiary/aromatic N) is 2. The zero-order valence-electron chi connectivity index (χ0n) is 16.1. The van der Waals surface area contributed by atoms with E-state index in [-0.39, 0.29) is 30.3 Å². The summed E-state index contributed by atoms with van der Waals surface area (Å²) in [7, 11) is 0. The van der Waals surface area contributed by atoms with Gasteiger partial charge in [-0.1, -0.05) is 30.3 Å². The normalized spacial score (nSPS) is 30.0. The number of carbonyl (C=O) groups excluding carboxylic acids is 2. The molecule has 3 fully saturated rings. The molecule has 1 aromatic carbocycles. The van der Waals surface area contributed by atoms with E-state index in [1.54, 1.807) is 4.90 Å². The number of carbonyl (C=O) groups is 2. The van der Waals surface area contributed by atoms with E-state index in [1.807, 2.05) is 49.1 Å². The summed E-state index contributed by atoms with van der Waals surface area (Å²) in [6.07, 6.45) is 3.75. The molecule has 0 saturated carbocycles. The Kier molecular flexibility index (Phi) is 4.74. The Morgan fingerprint density at radius 1 is 1.22 bits per heavy atom. The minimum Gasteiger partial charge on any atom is -0.445 e. The summed E-state index contributed by atoms with van der Waals surface area (Å²) in [6, 6.07) is 10.1. The van der Waals surface area contributed by atoms with E-state index in [4.69, 9.17) is 9.47 Å². The van der Waals surface area contributed by atoms with Crippen LogP contribution in [0.15, 0.2) is 30.3 Å². The predicted octanol–water partition coefficient (Wildman–Crippen LogP) is 3.94. The maximum Gasteiger partial charge on any atom is 0.410 e. The zero-order valence-corrected chi connectivity index (χ0v) is 16.1. The summed E-state index contributed by atoms with van der Waals surface area (Å²) < 4.78 is 11.5. The van der Waals surface area contributed by atoms with Crippen molar-refractivity contribution in [2.24, 2.45) is 0 Å². The van der Waals surface area contributed by atoms with E-state index in [0.29, 0.717) is 6.61 Å². The smallest absolute Gasteiger partial charge is 0.410 e. The Balaban J connectivity index is 1.39.